The van der Waals surface area contributed by atoms with Gasteiger partial charge in [0.2, 0.25) is 0 Å². The molecule has 0 aliphatic heterocycles. The Labute approximate surface area is 102 Å². The van der Waals surface area contributed by atoms with Crippen LogP contribution in [0.4, 0.5) is 0 Å². The van der Waals surface area contributed by atoms with Gasteiger partial charge < -0.3 is 5.32 Å². The monoisotopic (exact) mass is 230 g/mol. The fraction of sp³-hybridized carbons (Fsp3) is 0.385. The molecule has 0 bridgehead atoms. The van der Waals surface area contributed by atoms with Crippen molar-refractivity contribution in [2.24, 2.45) is 0 Å². The van der Waals surface area contributed by atoms with Gasteiger partial charge in [-0.15, -0.1) is 5.10 Å². The van der Waals surface area contributed by atoms with Crippen LogP contribution in [0.2, 0.25) is 0 Å². The van der Waals surface area contributed by atoms with E-state index in [1.165, 1.54) is 11.1 Å². The highest BCUT2D eigenvalue weighted by molar-refractivity contribution is 5.25. The van der Waals surface area contributed by atoms with Gasteiger partial charge in [-0.1, -0.05) is 36.4 Å². The molecule has 0 fully saturated rings. The van der Waals surface area contributed by atoms with E-state index in [1.54, 1.807) is 0 Å². The van der Waals surface area contributed by atoms with Crippen molar-refractivity contribution in [3.63, 3.8) is 0 Å². The van der Waals surface area contributed by atoms with E-state index in [1.807, 2.05) is 10.9 Å². The summed E-state index contributed by atoms with van der Waals surface area (Å²) in [5.74, 6) is 0. The first-order valence-corrected chi connectivity index (χ1v) is 5.94. The SMILES string of the molecule is CCNCc1cn(Cc2ccccc2C)nn1. The van der Waals surface area contributed by atoms with Crippen LogP contribution >= 0.6 is 0 Å². The van der Waals surface area contributed by atoms with Crippen LogP contribution in [-0.2, 0) is 13.1 Å². The Morgan fingerprint density at radius 2 is 2.12 bits per heavy atom. The lowest BCUT2D eigenvalue weighted by Gasteiger charge is -2.04. The summed E-state index contributed by atoms with van der Waals surface area (Å²) < 4.78 is 1.88. The summed E-state index contributed by atoms with van der Waals surface area (Å²) in [6.07, 6.45) is 2.00. The van der Waals surface area contributed by atoms with E-state index in [0.29, 0.717) is 0 Å². The van der Waals surface area contributed by atoms with E-state index in [0.717, 1.165) is 25.3 Å². The van der Waals surface area contributed by atoms with Crippen LogP contribution in [0, 0.1) is 6.92 Å². The van der Waals surface area contributed by atoms with Crippen molar-refractivity contribution < 1.29 is 0 Å². The maximum atomic E-state index is 4.13. The molecule has 0 aliphatic rings. The normalized spacial score (nSPS) is 10.7. The first kappa shape index (κ1) is 11.8. The Kier molecular flexibility index (Phi) is 3.88. The molecule has 0 aliphatic carbocycles. The number of hydrogen-bond donors (Lipinski definition) is 1. The highest BCUT2D eigenvalue weighted by Crippen LogP contribution is 2.08. The van der Waals surface area contributed by atoms with Crippen LogP contribution in [0.3, 0.4) is 0 Å². The number of aromatic nitrogens is 3. The van der Waals surface area contributed by atoms with Crippen LogP contribution in [-0.4, -0.2) is 21.5 Å². The van der Waals surface area contributed by atoms with E-state index in [2.05, 4.69) is 53.7 Å². The highest BCUT2D eigenvalue weighted by atomic mass is 15.4. The van der Waals surface area contributed by atoms with Gasteiger partial charge in [0.15, 0.2) is 0 Å². The number of aryl methyl sites for hydroxylation is 1. The first-order chi connectivity index (χ1) is 8.29. The van der Waals surface area contributed by atoms with Crippen LogP contribution in [0.5, 0.6) is 0 Å². The van der Waals surface area contributed by atoms with Crippen molar-refractivity contribution in [2.75, 3.05) is 6.54 Å². The molecule has 0 spiro atoms. The molecule has 1 heterocycles. The van der Waals surface area contributed by atoms with E-state index in [9.17, 15) is 0 Å². The van der Waals surface area contributed by atoms with Crippen LogP contribution < -0.4 is 5.32 Å². The average Bonchev–Trinajstić information content (AvgIpc) is 2.77. The molecule has 4 nitrogen and oxygen atoms in total. The smallest absolute Gasteiger partial charge is 0.0964 e. The summed E-state index contributed by atoms with van der Waals surface area (Å²) >= 11 is 0. The van der Waals surface area contributed by atoms with E-state index in [4.69, 9.17) is 0 Å². The van der Waals surface area contributed by atoms with Crippen molar-refractivity contribution in [1.29, 1.82) is 0 Å². The second-order valence-electron chi connectivity index (χ2n) is 4.11. The molecule has 0 unspecified atom stereocenters. The van der Waals surface area contributed by atoms with Crippen LogP contribution in [0.15, 0.2) is 30.5 Å². The van der Waals surface area contributed by atoms with E-state index < -0.39 is 0 Å². The topological polar surface area (TPSA) is 42.7 Å². The standard InChI is InChI=1S/C13H18N4/c1-3-14-8-13-10-17(16-15-13)9-12-7-5-4-6-11(12)2/h4-7,10,14H,3,8-9H2,1-2H3. The fourth-order valence-corrected chi connectivity index (χ4v) is 1.71. The molecule has 0 saturated carbocycles. The van der Waals surface area contributed by atoms with Gasteiger partial charge in [0.1, 0.15) is 0 Å². The summed E-state index contributed by atoms with van der Waals surface area (Å²) in [6, 6.07) is 8.35. The van der Waals surface area contributed by atoms with Crippen LogP contribution in [0.25, 0.3) is 0 Å². The lowest BCUT2D eigenvalue weighted by atomic mass is 10.1. The zero-order chi connectivity index (χ0) is 12.1. The molecule has 17 heavy (non-hydrogen) atoms. The van der Waals surface area contributed by atoms with Crippen LogP contribution in [0.1, 0.15) is 23.7 Å². The Morgan fingerprint density at radius 1 is 1.29 bits per heavy atom. The summed E-state index contributed by atoms with van der Waals surface area (Å²) in [4.78, 5) is 0. The minimum atomic E-state index is 0.782. The molecular formula is C13H18N4. The lowest BCUT2D eigenvalue weighted by Crippen LogP contribution is -2.11. The Balaban J connectivity index is 2.04. The van der Waals surface area contributed by atoms with Gasteiger partial charge in [0, 0.05) is 6.54 Å². The third-order valence-electron chi connectivity index (χ3n) is 2.74. The fourth-order valence-electron chi connectivity index (χ4n) is 1.71. The molecular weight excluding hydrogens is 212 g/mol. The minimum Gasteiger partial charge on any atom is -0.311 e. The van der Waals surface area contributed by atoms with Gasteiger partial charge in [-0.2, -0.15) is 0 Å². The van der Waals surface area contributed by atoms with Crippen molar-refractivity contribution in [2.45, 2.75) is 26.9 Å². The van der Waals surface area contributed by atoms with E-state index in [-0.39, 0.29) is 0 Å². The quantitative estimate of drug-likeness (QED) is 0.851. The zero-order valence-electron chi connectivity index (χ0n) is 10.3. The molecule has 2 rings (SSSR count). The molecule has 1 N–H and O–H groups in total. The maximum absolute atomic E-state index is 4.13. The lowest BCUT2D eigenvalue weighted by molar-refractivity contribution is 0.646. The highest BCUT2D eigenvalue weighted by Gasteiger charge is 2.02. The molecule has 1 aromatic carbocycles. The second kappa shape index (κ2) is 5.59. The third-order valence-corrected chi connectivity index (χ3v) is 2.74. The largest absolute Gasteiger partial charge is 0.311 e. The molecule has 90 valence electrons. The predicted octanol–water partition coefficient (Wildman–Crippen LogP) is 1.74. The number of nitrogens with zero attached hydrogens (tertiary/aromatic N) is 3. The van der Waals surface area contributed by atoms with Crippen molar-refractivity contribution in [1.82, 2.24) is 20.3 Å². The Hall–Kier alpha value is -1.68. The molecule has 0 saturated heterocycles. The molecule has 0 atom stereocenters. The summed E-state index contributed by atoms with van der Waals surface area (Å²) in [5.41, 5.74) is 3.56. The van der Waals surface area contributed by atoms with Gasteiger partial charge in [0.05, 0.1) is 18.4 Å². The van der Waals surface area contributed by atoms with Crippen molar-refractivity contribution in [3.8, 4) is 0 Å². The second-order valence-corrected chi connectivity index (χ2v) is 4.11. The summed E-state index contributed by atoms with van der Waals surface area (Å²) in [6.45, 7) is 6.71. The first-order valence-electron chi connectivity index (χ1n) is 5.94. The third kappa shape index (κ3) is 3.14. The zero-order valence-corrected chi connectivity index (χ0v) is 10.3. The molecule has 4 heteroatoms. The molecule has 2 aromatic rings. The van der Waals surface area contributed by atoms with E-state index >= 15 is 0 Å². The number of benzene rings is 1. The molecule has 0 radical (unpaired) electrons. The Morgan fingerprint density at radius 3 is 2.88 bits per heavy atom. The number of rotatable bonds is 5. The predicted molar refractivity (Wildman–Crippen MR) is 67.7 cm³/mol. The van der Waals surface area contributed by atoms with Gasteiger partial charge in [-0.3, -0.25) is 0 Å². The maximum Gasteiger partial charge on any atom is 0.0964 e. The van der Waals surface area contributed by atoms with Gasteiger partial charge >= 0.3 is 0 Å². The average molecular weight is 230 g/mol. The van der Waals surface area contributed by atoms with Gasteiger partial charge in [-0.25, -0.2) is 4.68 Å². The summed E-state index contributed by atoms with van der Waals surface area (Å²) in [5, 5.41) is 11.5. The minimum absolute atomic E-state index is 0.782. The van der Waals surface area contributed by atoms with Crippen molar-refractivity contribution in [3.05, 3.63) is 47.3 Å². The number of nitrogens with one attached hydrogen (secondary N) is 1. The Bertz CT molecular complexity index is 476. The molecule has 1 aromatic heterocycles. The van der Waals surface area contributed by atoms with Gasteiger partial charge in [0.25, 0.3) is 0 Å². The van der Waals surface area contributed by atoms with Crippen molar-refractivity contribution >= 4 is 0 Å². The molecule has 0 amide bonds. The summed E-state index contributed by atoms with van der Waals surface area (Å²) in [7, 11) is 0. The number of hydrogen-bond acceptors (Lipinski definition) is 3. The van der Waals surface area contributed by atoms with Gasteiger partial charge in [-0.05, 0) is 24.6 Å².